The van der Waals surface area contributed by atoms with Gasteiger partial charge in [0.1, 0.15) is 0 Å². The van der Waals surface area contributed by atoms with E-state index in [9.17, 15) is 0 Å². The molecule has 1 rings (SSSR count). The van der Waals surface area contributed by atoms with Crippen molar-refractivity contribution in [1.29, 1.82) is 0 Å². The minimum Gasteiger partial charge on any atom is -0.326 e. The Morgan fingerprint density at radius 2 is 2.50 bits per heavy atom. The molecule has 1 fully saturated rings. The van der Waals surface area contributed by atoms with Crippen LogP contribution in [0.1, 0.15) is 6.42 Å². The van der Waals surface area contributed by atoms with Crippen LogP contribution < -0.4 is 11.1 Å². The van der Waals surface area contributed by atoms with E-state index >= 15 is 0 Å². The van der Waals surface area contributed by atoms with Gasteiger partial charge in [-0.05, 0) is 20.0 Å². The summed E-state index contributed by atoms with van der Waals surface area (Å²) in [6.07, 6.45) is 1.25. The van der Waals surface area contributed by atoms with Gasteiger partial charge >= 0.3 is 0 Å². The Hall–Kier alpha value is 0.230. The minimum absolute atomic E-state index is 0.226. The molecule has 0 aromatic rings. The SMILES string of the molecule is CN[C@@H]1CCN(CC(N)CS)C1. The number of hydrogen-bond acceptors (Lipinski definition) is 4. The van der Waals surface area contributed by atoms with Gasteiger partial charge in [-0.2, -0.15) is 12.6 Å². The molecule has 0 amide bonds. The maximum absolute atomic E-state index is 5.80. The van der Waals surface area contributed by atoms with E-state index in [0.717, 1.165) is 18.8 Å². The van der Waals surface area contributed by atoms with Crippen molar-refractivity contribution in [2.24, 2.45) is 5.73 Å². The van der Waals surface area contributed by atoms with E-state index in [1.54, 1.807) is 0 Å². The second kappa shape index (κ2) is 5.07. The number of rotatable bonds is 4. The third kappa shape index (κ3) is 2.94. The van der Waals surface area contributed by atoms with Gasteiger partial charge < -0.3 is 16.0 Å². The molecule has 0 aliphatic carbocycles. The molecule has 0 aromatic carbocycles. The van der Waals surface area contributed by atoms with Crippen molar-refractivity contribution in [3.05, 3.63) is 0 Å². The average Bonchev–Trinajstić information content (AvgIpc) is 2.52. The monoisotopic (exact) mass is 189 g/mol. The first-order valence-corrected chi connectivity index (χ1v) is 5.15. The highest BCUT2D eigenvalue weighted by Crippen LogP contribution is 2.08. The number of nitrogens with zero attached hydrogens (tertiary/aromatic N) is 1. The molecule has 0 aromatic heterocycles. The van der Waals surface area contributed by atoms with E-state index in [1.165, 1.54) is 13.0 Å². The lowest BCUT2D eigenvalue weighted by molar-refractivity contribution is 0.315. The Kier molecular flexibility index (Phi) is 4.35. The van der Waals surface area contributed by atoms with Gasteiger partial charge in [0.05, 0.1) is 0 Å². The summed E-state index contributed by atoms with van der Waals surface area (Å²) in [7, 11) is 2.02. The van der Waals surface area contributed by atoms with Crippen LogP contribution in [0.5, 0.6) is 0 Å². The molecule has 0 radical (unpaired) electrons. The molecule has 0 bridgehead atoms. The van der Waals surface area contributed by atoms with E-state index in [4.69, 9.17) is 5.73 Å². The zero-order chi connectivity index (χ0) is 8.97. The van der Waals surface area contributed by atoms with Crippen LogP contribution in [0.2, 0.25) is 0 Å². The molecule has 1 aliphatic rings. The van der Waals surface area contributed by atoms with E-state index in [1.807, 2.05) is 7.05 Å². The van der Waals surface area contributed by atoms with Crippen molar-refractivity contribution in [2.75, 3.05) is 32.4 Å². The van der Waals surface area contributed by atoms with E-state index in [2.05, 4.69) is 22.8 Å². The predicted molar refractivity (Wildman–Crippen MR) is 55.7 cm³/mol. The molecule has 3 nitrogen and oxygen atoms in total. The molecular formula is C8H19N3S. The van der Waals surface area contributed by atoms with Crippen LogP contribution in [0.15, 0.2) is 0 Å². The van der Waals surface area contributed by atoms with E-state index in [0.29, 0.717) is 6.04 Å². The van der Waals surface area contributed by atoms with Crippen molar-refractivity contribution < 1.29 is 0 Å². The number of likely N-dealkylation sites (tertiary alicyclic amines) is 1. The molecule has 72 valence electrons. The molecule has 4 heteroatoms. The van der Waals surface area contributed by atoms with Crippen LogP contribution >= 0.6 is 12.6 Å². The van der Waals surface area contributed by atoms with Crippen LogP contribution in [0.4, 0.5) is 0 Å². The molecular weight excluding hydrogens is 170 g/mol. The second-order valence-corrected chi connectivity index (χ2v) is 3.84. The summed E-state index contributed by atoms with van der Waals surface area (Å²) >= 11 is 4.17. The van der Waals surface area contributed by atoms with Gasteiger partial charge in [0.2, 0.25) is 0 Å². The van der Waals surface area contributed by atoms with Crippen LogP contribution in [0.25, 0.3) is 0 Å². The normalized spacial score (nSPS) is 27.8. The zero-order valence-corrected chi connectivity index (χ0v) is 8.56. The maximum Gasteiger partial charge on any atom is 0.0257 e. The fraction of sp³-hybridized carbons (Fsp3) is 1.00. The summed E-state index contributed by atoms with van der Waals surface area (Å²) in [5.74, 6) is 0.778. The van der Waals surface area contributed by atoms with Gasteiger partial charge in [-0.3, -0.25) is 0 Å². The molecule has 0 spiro atoms. The van der Waals surface area contributed by atoms with Crippen molar-refractivity contribution in [3.8, 4) is 0 Å². The van der Waals surface area contributed by atoms with Crippen molar-refractivity contribution in [3.63, 3.8) is 0 Å². The zero-order valence-electron chi connectivity index (χ0n) is 7.66. The third-order valence-corrected chi connectivity index (χ3v) is 2.88. The van der Waals surface area contributed by atoms with Gasteiger partial charge in [-0.1, -0.05) is 0 Å². The Morgan fingerprint density at radius 3 is 3.00 bits per heavy atom. The van der Waals surface area contributed by atoms with Crippen LogP contribution in [0, 0.1) is 0 Å². The van der Waals surface area contributed by atoms with Gasteiger partial charge in [0.15, 0.2) is 0 Å². The van der Waals surface area contributed by atoms with Gasteiger partial charge in [-0.15, -0.1) is 0 Å². The summed E-state index contributed by atoms with van der Waals surface area (Å²) in [6, 6.07) is 0.890. The highest BCUT2D eigenvalue weighted by Gasteiger charge is 2.21. The number of nitrogens with two attached hydrogens (primary N) is 1. The van der Waals surface area contributed by atoms with Crippen molar-refractivity contribution in [2.45, 2.75) is 18.5 Å². The van der Waals surface area contributed by atoms with Gasteiger partial charge in [-0.25, -0.2) is 0 Å². The van der Waals surface area contributed by atoms with Crippen LogP contribution in [-0.2, 0) is 0 Å². The lowest BCUT2D eigenvalue weighted by atomic mass is 10.3. The molecule has 1 aliphatic heterocycles. The Morgan fingerprint density at radius 1 is 1.75 bits per heavy atom. The smallest absolute Gasteiger partial charge is 0.0257 e. The average molecular weight is 189 g/mol. The molecule has 3 N–H and O–H groups in total. The first-order valence-electron chi connectivity index (χ1n) is 4.52. The van der Waals surface area contributed by atoms with Crippen molar-refractivity contribution in [1.82, 2.24) is 10.2 Å². The highest BCUT2D eigenvalue weighted by atomic mass is 32.1. The Labute approximate surface area is 80.1 Å². The second-order valence-electron chi connectivity index (χ2n) is 3.48. The number of thiol groups is 1. The van der Waals surface area contributed by atoms with Crippen LogP contribution in [0.3, 0.4) is 0 Å². The Bertz CT molecular complexity index is 131. The topological polar surface area (TPSA) is 41.3 Å². The maximum atomic E-state index is 5.80. The predicted octanol–water partition coefficient (Wildman–Crippen LogP) is -0.463. The van der Waals surface area contributed by atoms with Crippen LogP contribution in [-0.4, -0.2) is 49.4 Å². The molecule has 12 heavy (non-hydrogen) atoms. The summed E-state index contributed by atoms with van der Waals surface area (Å²) in [4.78, 5) is 2.40. The third-order valence-electron chi connectivity index (χ3n) is 2.41. The van der Waals surface area contributed by atoms with Crippen molar-refractivity contribution >= 4 is 12.6 Å². The standard InChI is InChI=1S/C8H19N3S/c1-10-8-2-3-11(5-8)4-7(9)6-12/h7-8,10,12H,2-6,9H2,1H3/t7?,8-/m1/s1. The van der Waals surface area contributed by atoms with Gasteiger partial charge in [0.25, 0.3) is 0 Å². The molecule has 1 saturated heterocycles. The summed E-state index contributed by atoms with van der Waals surface area (Å²) < 4.78 is 0. The molecule has 2 atom stereocenters. The molecule has 0 saturated carbocycles. The summed E-state index contributed by atoms with van der Waals surface area (Å²) in [5, 5.41) is 3.28. The van der Waals surface area contributed by atoms with E-state index < -0.39 is 0 Å². The highest BCUT2D eigenvalue weighted by molar-refractivity contribution is 7.80. The molecule has 1 unspecified atom stereocenters. The number of hydrogen-bond donors (Lipinski definition) is 3. The fourth-order valence-electron chi connectivity index (χ4n) is 1.62. The number of nitrogens with one attached hydrogen (secondary N) is 1. The summed E-state index contributed by atoms with van der Waals surface area (Å²) in [6.45, 7) is 3.30. The van der Waals surface area contributed by atoms with E-state index in [-0.39, 0.29) is 6.04 Å². The van der Waals surface area contributed by atoms with Gasteiger partial charge in [0, 0.05) is 30.9 Å². The minimum atomic E-state index is 0.226. The fourth-order valence-corrected chi connectivity index (χ4v) is 1.74. The number of likely N-dealkylation sites (N-methyl/N-ethyl adjacent to an activating group) is 1. The lowest BCUT2D eigenvalue weighted by Crippen LogP contribution is -2.39. The summed E-state index contributed by atoms with van der Waals surface area (Å²) in [5.41, 5.74) is 5.80. The lowest BCUT2D eigenvalue weighted by Gasteiger charge is -2.19. The first-order chi connectivity index (χ1) is 5.76. The largest absolute Gasteiger partial charge is 0.326 e. The Balaban J connectivity index is 2.18. The first kappa shape index (κ1) is 10.3. The molecule has 1 heterocycles. The quantitative estimate of drug-likeness (QED) is 0.524.